The van der Waals surface area contributed by atoms with E-state index in [1.807, 2.05) is 47.5 Å². The minimum absolute atomic E-state index is 0.00163. The van der Waals surface area contributed by atoms with Gasteiger partial charge in [-0.25, -0.2) is 4.98 Å². The summed E-state index contributed by atoms with van der Waals surface area (Å²) < 4.78 is 7.39. The molecule has 1 aromatic carbocycles. The first-order valence-electron chi connectivity index (χ1n) is 11.0. The number of pyridine rings is 1. The molecule has 33 heavy (non-hydrogen) atoms. The maximum atomic E-state index is 13.4. The number of methoxy groups -OCH3 is 1. The second-order valence-electron chi connectivity index (χ2n) is 8.72. The average Bonchev–Trinajstić information content (AvgIpc) is 3.50. The summed E-state index contributed by atoms with van der Waals surface area (Å²) in [7, 11) is 5.12. The lowest BCUT2D eigenvalue weighted by molar-refractivity contribution is -0.127. The van der Waals surface area contributed by atoms with Gasteiger partial charge in [0.2, 0.25) is 5.91 Å². The Morgan fingerprint density at radius 2 is 2.00 bits per heavy atom. The number of hydrogen-bond donors (Lipinski definition) is 0. The fourth-order valence-corrected chi connectivity index (χ4v) is 4.95. The zero-order chi connectivity index (χ0) is 23.2. The number of ether oxygens (including phenoxy) is 1. The molecule has 0 radical (unpaired) electrons. The third-order valence-electron chi connectivity index (χ3n) is 6.67. The quantitative estimate of drug-likeness (QED) is 0.617. The Kier molecular flexibility index (Phi) is 5.08. The molecular formula is C25H27N5O3. The van der Waals surface area contributed by atoms with Crippen molar-refractivity contribution in [1.82, 2.24) is 19.4 Å². The average molecular weight is 446 g/mol. The van der Waals surface area contributed by atoms with Crippen LogP contribution in [0.3, 0.4) is 0 Å². The first-order chi connectivity index (χ1) is 15.9. The van der Waals surface area contributed by atoms with Crippen LogP contribution in [0.1, 0.15) is 22.5 Å². The molecule has 0 bridgehead atoms. The molecule has 2 amide bonds. The monoisotopic (exact) mass is 445 g/mol. The Labute approximate surface area is 193 Å². The molecule has 4 heterocycles. The molecule has 2 aliphatic rings. The van der Waals surface area contributed by atoms with Gasteiger partial charge in [0.15, 0.2) is 5.82 Å². The number of rotatable bonds is 4. The molecule has 0 N–H and O–H groups in total. The first-order valence-corrected chi connectivity index (χ1v) is 11.0. The lowest BCUT2D eigenvalue weighted by Gasteiger charge is -2.46. The van der Waals surface area contributed by atoms with E-state index in [9.17, 15) is 9.59 Å². The van der Waals surface area contributed by atoms with Crippen molar-refractivity contribution >= 4 is 17.5 Å². The number of hydrogen-bond acceptors (Lipinski definition) is 5. The normalized spacial score (nSPS) is 18.8. The Hall–Kier alpha value is -3.81. The molecule has 0 aliphatic carbocycles. The van der Waals surface area contributed by atoms with Crippen LogP contribution in [0.25, 0.3) is 5.82 Å². The van der Waals surface area contributed by atoms with Gasteiger partial charge in [0.05, 0.1) is 25.0 Å². The van der Waals surface area contributed by atoms with Crippen LogP contribution < -0.4 is 9.64 Å². The molecular weight excluding hydrogens is 418 g/mol. The van der Waals surface area contributed by atoms with Gasteiger partial charge in [0, 0.05) is 45.1 Å². The van der Waals surface area contributed by atoms with Crippen molar-refractivity contribution in [3.63, 3.8) is 0 Å². The number of benzene rings is 1. The number of aromatic nitrogens is 2. The summed E-state index contributed by atoms with van der Waals surface area (Å²) in [6.45, 7) is 1.27. The number of carbonyl (C=O) groups excluding carboxylic acids is 2. The van der Waals surface area contributed by atoms with Gasteiger partial charge in [-0.1, -0.05) is 6.07 Å². The van der Waals surface area contributed by atoms with Gasteiger partial charge < -0.3 is 24.0 Å². The third kappa shape index (κ3) is 3.33. The number of carbonyl (C=O) groups is 2. The zero-order valence-corrected chi connectivity index (χ0v) is 19.1. The highest BCUT2D eigenvalue weighted by molar-refractivity contribution is 5.95. The fourth-order valence-electron chi connectivity index (χ4n) is 4.95. The van der Waals surface area contributed by atoms with Crippen LogP contribution in [0.15, 0.2) is 60.9 Å². The van der Waals surface area contributed by atoms with E-state index in [1.165, 1.54) is 0 Å². The molecule has 2 aliphatic heterocycles. The molecule has 5 rings (SSSR count). The maximum Gasteiger partial charge on any atom is 0.254 e. The minimum Gasteiger partial charge on any atom is -0.497 e. The summed E-state index contributed by atoms with van der Waals surface area (Å²) >= 11 is 0. The summed E-state index contributed by atoms with van der Waals surface area (Å²) in [5.74, 6) is 1.41. The molecule has 8 nitrogen and oxygen atoms in total. The highest BCUT2D eigenvalue weighted by Gasteiger charge is 2.51. The summed E-state index contributed by atoms with van der Waals surface area (Å²) in [5.41, 5.74) is 2.00. The number of fused-ring (bicyclic) bond motifs is 4. The lowest BCUT2D eigenvalue weighted by Crippen LogP contribution is -2.55. The van der Waals surface area contributed by atoms with Crippen molar-refractivity contribution in [2.45, 2.75) is 12.0 Å². The minimum atomic E-state index is -0.528. The standard InChI is InChI=1S/C25H27N5O3/c1-27(2)22(31)16-30-20-9-5-12-26-23(20)29-13-6-10-21(29)25(30)11-14-28(17-25)24(32)18-7-4-8-19(15-18)33-3/h4-10,12-13,15H,11,14,16-17H2,1-3H3/t25-/m0/s1. The highest BCUT2D eigenvalue weighted by atomic mass is 16.5. The molecule has 3 aromatic rings. The van der Waals surface area contributed by atoms with Crippen LogP contribution >= 0.6 is 0 Å². The van der Waals surface area contributed by atoms with E-state index < -0.39 is 5.54 Å². The Morgan fingerprint density at radius 3 is 2.79 bits per heavy atom. The molecule has 1 fully saturated rings. The SMILES string of the molecule is COc1cccc(C(=O)N2CC[C@]3(C2)c2cccn2-c2ncccc2N3CC(=O)N(C)C)c1. The van der Waals surface area contributed by atoms with Gasteiger partial charge in [-0.2, -0.15) is 0 Å². The van der Waals surface area contributed by atoms with E-state index in [0.29, 0.717) is 30.8 Å². The van der Waals surface area contributed by atoms with Crippen LogP contribution in [-0.4, -0.2) is 72.0 Å². The topological polar surface area (TPSA) is 70.9 Å². The van der Waals surface area contributed by atoms with Crippen LogP contribution in [0.5, 0.6) is 5.75 Å². The molecule has 1 spiro atoms. The van der Waals surface area contributed by atoms with Crippen molar-refractivity contribution in [1.29, 1.82) is 0 Å². The number of likely N-dealkylation sites (tertiary alicyclic amines) is 1. The summed E-state index contributed by atoms with van der Waals surface area (Å²) in [6, 6.07) is 15.2. The Bertz CT molecular complexity index is 1220. The van der Waals surface area contributed by atoms with E-state index in [1.54, 1.807) is 38.4 Å². The largest absolute Gasteiger partial charge is 0.497 e. The van der Waals surface area contributed by atoms with Gasteiger partial charge in [-0.05, 0) is 48.9 Å². The summed E-state index contributed by atoms with van der Waals surface area (Å²) in [4.78, 5) is 36.5. The van der Waals surface area contributed by atoms with Crippen molar-refractivity contribution in [3.05, 3.63) is 72.2 Å². The van der Waals surface area contributed by atoms with Gasteiger partial charge in [-0.3, -0.25) is 9.59 Å². The van der Waals surface area contributed by atoms with Crippen LogP contribution in [0.2, 0.25) is 0 Å². The number of nitrogens with zero attached hydrogens (tertiary/aromatic N) is 5. The van der Waals surface area contributed by atoms with Gasteiger partial charge in [0.25, 0.3) is 5.91 Å². The molecule has 8 heteroatoms. The van der Waals surface area contributed by atoms with Gasteiger partial charge in [0.1, 0.15) is 11.3 Å². The van der Waals surface area contributed by atoms with Crippen molar-refractivity contribution < 1.29 is 14.3 Å². The Morgan fingerprint density at radius 1 is 1.15 bits per heavy atom. The molecule has 170 valence electrons. The predicted molar refractivity (Wildman–Crippen MR) is 125 cm³/mol. The first kappa shape index (κ1) is 21.1. The summed E-state index contributed by atoms with van der Waals surface area (Å²) in [6.07, 6.45) is 4.47. The molecule has 2 aromatic heterocycles. The number of anilines is 1. The van der Waals surface area contributed by atoms with Crippen LogP contribution in [0, 0.1) is 0 Å². The highest BCUT2D eigenvalue weighted by Crippen LogP contribution is 2.47. The predicted octanol–water partition coefficient (Wildman–Crippen LogP) is 2.53. The third-order valence-corrected chi connectivity index (χ3v) is 6.67. The number of amides is 2. The van der Waals surface area contributed by atoms with E-state index in [4.69, 9.17) is 4.74 Å². The second-order valence-corrected chi connectivity index (χ2v) is 8.72. The lowest BCUT2D eigenvalue weighted by atomic mass is 9.88. The van der Waals surface area contributed by atoms with E-state index in [0.717, 1.165) is 17.2 Å². The van der Waals surface area contributed by atoms with Crippen molar-refractivity contribution in [2.24, 2.45) is 0 Å². The van der Waals surface area contributed by atoms with Gasteiger partial charge in [-0.15, -0.1) is 0 Å². The van der Waals surface area contributed by atoms with Crippen molar-refractivity contribution in [3.8, 4) is 11.6 Å². The number of likely N-dealkylation sites (N-methyl/N-ethyl adjacent to an activating group) is 1. The fraction of sp³-hybridized carbons (Fsp3) is 0.320. The molecule has 1 saturated heterocycles. The Balaban J connectivity index is 1.56. The second kappa shape index (κ2) is 7.95. The smallest absolute Gasteiger partial charge is 0.254 e. The molecule has 0 saturated carbocycles. The van der Waals surface area contributed by atoms with E-state index in [-0.39, 0.29) is 18.4 Å². The zero-order valence-electron chi connectivity index (χ0n) is 19.1. The molecule has 0 unspecified atom stereocenters. The summed E-state index contributed by atoms with van der Waals surface area (Å²) in [5, 5.41) is 0. The maximum absolute atomic E-state index is 13.4. The molecule has 1 atom stereocenters. The van der Waals surface area contributed by atoms with Gasteiger partial charge >= 0.3 is 0 Å². The van der Waals surface area contributed by atoms with E-state index in [2.05, 4.69) is 20.5 Å². The van der Waals surface area contributed by atoms with Crippen LogP contribution in [0.4, 0.5) is 5.69 Å². The van der Waals surface area contributed by atoms with Crippen LogP contribution in [-0.2, 0) is 10.3 Å². The van der Waals surface area contributed by atoms with Crippen molar-refractivity contribution in [2.75, 3.05) is 45.7 Å². The van der Waals surface area contributed by atoms with E-state index >= 15 is 0 Å².